The topological polar surface area (TPSA) is 77.8 Å². The number of carbonyl (C=O) groups excluding carboxylic acids is 1. The van der Waals surface area contributed by atoms with Gasteiger partial charge >= 0.3 is 5.97 Å². The number of aliphatic carboxylic acids is 1. The van der Waals surface area contributed by atoms with Gasteiger partial charge in [-0.2, -0.15) is 0 Å². The number of nitrogens with zero attached hydrogens (tertiary/aromatic N) is 1. The van der Waals surface area contributed by atoms with Gasteiger partial charge in [0.15, 0.2) is 0 Å². The van der Waals surface area contributed by atoms with Crippen molar-refractivity contribution in [3.63, 3.8) is 0 Å². The summed E-state index contributed by atoms with van der Waals surface area (Å²) in [4.78, 5) is 24.1. The Morgan fingerprint density at radius 1 is 1.53 bits per heavy atom. The van der Waals surface area contributed by atoms with Crippen LogP contribution in [-0.4, -0.2) is 46.7 Å². The largest absolute Gasteiger partial charge is 0.481 e. The minimum atomic E-state index is -0.893. The van der Waals surface area contributed by atoms with Crippen LogP contribution in [0.5, 0.6) is 0 Å². The molecule has 0 aliphatic carbocycles. The number of aliphatic hydroxyl groups is 1. The summed E-state index contributed by atoms with van der Waals surface area (Å²) in [7, 11) is 0. The Bertz CT molecular complexity index is 274. The van der Waals surface area contributed by atoms with Crippen molar-refractivity contribution in [2.75, 3.05) is 19.7 Å². The molecule has 98 valence electrons. The van der Waals surface area contributed by atoms with E-state index in [-0.39, 0.29) is 24.9 Å². The van der Waals surface area contributed by atoms with E-state index in [1.807, 2.05) is 0 Å². The highest BCUT2D eigenvalue weighted by atomic mass is 16.4. The predicted molar refractivity (Wildman–Crippen MR) is 62.4 cm³/mol. The molecule has 0 spiro atoms. The highest BCUT2D eigenvalue weighted by Gasteiger charge is 2.34. The lowest BCUT2D eigenvalue weighted by molar-refractivity contribution is -0.141. The Morgan fingerprint density at radius 3 is 2.71 bits per heavy atom. The van der Waals surface area contributed by atoms with Gasteiger partial charge in [-0.3, -0.25) is 9.59 Å². The molecule has 0 aromatic rings. The van der Waals surface area contributed by atoms with E-state index in [4.69, 9.17) is 10.2 Å². The Morgan fingerprint density at radius 2 is 2.24 bits per heavy atom. The summed E-state index contributed by atoms with van der Waals surface area (Å²) in [6.45, 7) is 3.09. The van der Waals surface area contributed by atoms with Crippen molar-refractivity contribution in [1.29, 1.82) is 0 Å². The van der Waals surface area contributed by atoms with Gasteiger partial charge in [0.05, 0.1) is 5.92 Å². The Labute approximate surface area is 101 Å². The minimum Gasteiger partial charge on any atom is -0.481 e. The molecule has 0 radical (unpaired) electrons. The lowest BCUT2D eigenvalue weighted by Crippen LogP contribution is -2.32. The van der Waals surface area contributed by atoms with Gasteiger partial charge in [0.1, 0.15) is 0 Å². The summed E-state index contributed by atoms with van der Waals surface area (Å²) in [5.41, 5.74) is 0. The third kappa shape index (κ3) is 4.00. The zero-order valence-electron chi connectivity index (χ0n) is 10.3. The molecule has 5 heteroatoms. The van der Waals surface area contributed by atoms with Crippen molar-refractivity contribution in [2.45, 2.75) is 32.6 Å². The first-order chi connectivity index (χ1) is 8.08. The average Bonchev–Trinajstić information content (AvgIpc) is 2.61. The van der Waals surface area contributed by atoms with Gasteiger partial charge in [-0.15, -0.1) is 0 Å². The molecule has 0 aromatic carbocycles. The second-order valence-electron chi connectivity index (χ2n) is 4.70. The number of hydrogen-bond donors (Lipinski definition) is 2. The van der Waals surface area contributed by atoms with Crippen LogP contribution < -0.4 is 0 Å². The van der Waals surface area contributed by atoms with Gasteiger partial charge in [-0.25, -0.2) is 0 Å². The summed E-state index contributed by atoms with van der Waals surface area (Å²) >= 11 is 0. The first kappa shape index (κ1) is 14.0. The lowest BCUT2D eigenvalue weighted by Gasteiger charge is -2.23. The number of carboxylic acids is 1. The number of carbonyl (C=O) groups is 2. The molecule has 1 saturated heterocycles. The number of likely N-dealkylation sites (tertiary alicyclic amines) is 1. The Kier molecular flexibility index (Phi) is 5.41. The fraction of sp³-hybridized carbons (Fsp3) is 0.833. The van der Waals surface area contributed by atoms with Crippen molar-refractivity contribution < 1.29 is 19.8 Å². The maximum absolute atomic E-state index is 11.6. The van der Waals surface area contributed by atoms with Crippen LogP contribution in [0.4, 0.5) is 0 Å². The van der Waals surface area contributed by atoms with E-state index in [1.165, 1.54) is 0 Å². The zero-order valence-corrected chi connectivity index (χ0v) is 10.3. The van der Waals surface area contributed by atoms with Crippen LogP contribution in [0.15, 0.2) is 0 Å². The molecular formula is C12H21NO4. The molecule has 1 rings (SSSR count). The summed E-state index contributed by atoms with van der Waals surface area (Å²) in [6, 6.07) is 0. The molecule has 2 unspecified atom stereocenters. The molecule has 0 saturated carbocycles. The lowest BCUT2D eigenvalue weighted by atomic mass is 9.99. The quantitative estimate of drug-likeness (QED) is 0.690. The fourth-order valence-electron chi connectivity index (χ4n) is 2.34. The van der Waals surface area contributed by atoms with Crippen molar-refractivity contribution in [3.8, 4) is 0 Å². The normalized spacial score (nSPS) is 21.9. The number of carboxylic acid groups (broad SMARTS) is 1. The highest BCUT2D eigenvalue weighted by molar-refractivity contribution is 5.86. The van der Waals surface area contributed by atoms with Crippen LogP contribution >= 0.6 is 0 Å². The minimum absolute atomic E-state index is 0.0727. The smallest absolute Gasteiger partial charge is 0.308 e. The van der Waals surface area contributed by atoms with Gasteiger partial charge in [0.2, 0.25) is 5.91 Å². The van der Waals surface area contributed by atoms with E-state index in [1.54, 1.807) is 4.90 Å². The van der Waals surface area contributed by atoms with Crippen molar-refractivity contribution >= 4 is 11.9 Å². The van der Waals surface area contributed by atoms with Crippen LogP contribution in [0.1, 0.15) is 32.6 Å². The van der Waals surface area contributed by atoms with E-state index < -0.39 is 11.9 Å². The zero-order chi connectivity index (χ0) is 12.8. The molecule has 2 N–H and O–H groups in total. The predicted octanol–water partition coefficient (Wildman–Crippen LogP) is 0.718. The Balaban J connectivity index is 2.49. The van der Waals surface area contributed by atoms with E-state index in [0.717, 1.165) is 12.8 Å². The first-order valence-electron chi connectivity index (χ1n) is 6.19. The van der Waals surface area contributed by atoms with Crippen molar-refractivity contribution in [1.82, 2.24) is 4.90 Å². The van der Waals surface area contributed by atoms with Gasteiger partial charge in [-0.1, -0.05) is 13.3 Å². The van der Waals surface area contributed by atoms with Crippen LogP contribution in [0, 0.1) is 11.8 Å². The maximum Gasteiger partial charge on any atom is 0.308 e. The Hall–Kier alpha value is -1.10. The SMILES string of the molecule is CCCC(CCO)CN1CC(C(=O)O)CC1=O. The van der Waals surface area contributed by atoms with Crippen LogP contribution in [0.3, 0.4) is 0 Å². The summed E-state index contributed by atoms with van der Waals surface area (Å²) < 4.78 is 0. The number of aliphatic hydroxyl groups excluding tert-OH is 1. The van der Waals surface area contributed by atoms with E-state index in [0.29, 0.717) is 19.5 Å². The van der Waals surface area contributed by atoms with Gasteiger partial charge in [0.25, 0.3) is 0 Å². The van der Waals surface area contributed by atoms with Gasteiger partial charge < -0.3 is 15.1 Å². The molecule has 1 amide bonds. The maximum atomic E-state index is 11.6. The first-order valence-corrected chi connectivity index (χ1v) is 6.19. The molecule has 5 nitrogen and oxygen atoms in total. The molecule has 0 bridgehead atoms. The summed E-state index contributed by atoms with van der Waals surface area (Å²) in [5.74, 6) is -1.24. The van der Waals surface area contributed by atoms with Crippen LogP contribution in [0.2, 0.25) is 0 Å². The van der Waals surface area contributed by atoms with Gasteiger partial charge in [-0.05, 0) is 18.8 Å². The van der Waals surface area contributed by atoms with E-state index in [2.05, 4.69) is 6.92 Å². The summed E-state index contributed by atoms with van der Waals surface area (Å²) in [6.07, 6.45) is 2.76. The standard InChI is InChI=1S/C12H21NO4/c1-2-3-9(4-5-14)7-13-8-10(12(16)17)6-11(13)15/h9-10,14H,2-8H2,1H3,(H,16,17). The molecule has 1 heterocycles. The van der Waals surface area contributed by atoms with Crippen molar-refractivity contribution in [2.24, 2.45) is 11.8 Å². The van der Waals surface area contributed by atoms with E-state index in [9.17, 15) is 9.59 Å². The summed E-state index contributed by atoms with van der Waals surface area (Å²) in [5, 5.41) is 17.8. The molecule has 1 aliphatic rings. The third-order valence-electron chi connectivity index (χ3n) is 3.28. The number of hydrogen-bond acceptors (Lipinski definition) is 3. The molecule has 1 fully saturated rings. The number of rotatable bonds is 7. The highest BCUT2D eigenvalue weighted by Crippen LogP contribution is 2.21. The molecular weight excluding hydrogens is 222 g/mol. The third-order valence-corrected chi connectivity index (χ3v) is 3.28. The molecule has 2 atom stereocenters. The second kappa shape index (κ2) is 6.59. The number of amides is 1. The molecule has 17 heavy (non-hydrogen) atoms. The van der Waals surface area contributed by atoms with Crippen LogP contribution in [0.25, 0.3) is 0 Å². The van der Waals surface area contributed by atoms with Crippen LogP contribution in [-0.2, 0) is 9.59 Å². The molecule has 0 aromatic heterocycles. The fourth-order valence-corrected chi connectivity index (χ4v) is 2.34. The average molecular weight is 243 g/mol. The van der Waals surface area contributed by atoms with E-state index >= 15 is 0 Å². The van der Waals surface area contributed by atoms with Crippen molar-refractivity contribution in [3.05, 3.63) is 0 Å². The van der Waals surface area contributed by atoms with Gasteiger partial charge in [0, 0.05) is 26.1 Å². The monoisotopic (exact) mass is 243 g/mol. The molecule has 1 aliphatic heterocycles. The second-order valence-corrected chi connectivity index (χ2v) is 4.70.